The van der Waals surface area contributed by atoms with Crippen LogP contribution in [0.4, 0.5) is 10.5 Å². The minimum absolute atomic E-state index is 0.00761. The summed E-state index contributed by atoms with van der Waals surface area (Å²) in [5, 5.41) is 13.9. The molecule has 7 nitrogen and oxygen atoms in total. The summed E-state index contributed by atoms with van der Waals surface area (Å²) in [6.07, 6.45) is 1.40. The maximum Gasteiger partial charge on any atom is 0.335 e. The summed E-state index contributed by atoms with van der Waals surface area (Å²) in [6, 6.07) is 3.33. The minimum atomic E-state index is -3.06. The molecular weight excluding hydrogens is 320 g/mol. The molecule has 3 N–H and O–H groups in total. The third-order valence-electron chi connectivity index (χ3n) is 2.44. The van der Waals surface area contributed by atoms with E-state index >= 15 is 0 Å². The van der Waals surface area contributed by atoms with Gasteiger partial charge in [0.05, 0.1) is 22.0 Å². The van der Waals surface area contributed by atoms with Gasteiger partial charge in [-0.05, 0) is 24.6 Å². The van der Waals surface area contributed by atoms with Crippen LogP contribution in [-0.4, -0.2) is 44.1 Å². The van der Waals surface area contributed by atoms with Crippen LogP contribution in [0.5, 0.6) is 0 Å². The summed E-state index contributed by atoms with van der Waals surface area (Å²) in [6.45, 7) is 0.176. The highest BCUT2D eigenvalue weighted by molar-refractivity contribution is 7.90. The van der Waals surface area contributed by atoms with E-state index in [4.69, 9.17) is 16.7 Å². The minimum Gasteiger partial charge on any atom is -0.478 e. The molecule has 21 heavy (non-hydrogen) atoms. The summed E-state index contributed by atoms with van der Waals surface area (Å²) in [5.74, 6) is -1.16. The zero-order valence-electron chi connectivity index (χ0n) is 11.2. The van der Waals surface area contributed by atoms with Crippen LogP contribution in [0.25, 0.3) is 0 Å². The lowest BCUT2D eigenvalue weighted by Crippen LogP contribution is -2.30. The molecule has 0 aromatic heterocycles. The molecule has 9 heteroatoms. The number of rotatable bonds is 6. The number of amides is 2. The first-order chi connectivity index (χ1) is 9.69. The smallest absolute Gasteiger partial charge is 0.335 e. The molecule has 0 heterocycles. The molecule has 0 aliphatic carbocycles. The fourth-order valence-corrected chi connectivity index (χ4v) is 2.29. The van der Waals surface area contributed by atoms with Crippen molar-refractivity contribution in [2.45, 2.75) is 6.42 Å². The Labute approximate surface area is 127 Å². The van der Waals surface area contributed by atoms with E-state index in [9.17, 15) is 18.0 Å². The quantitative estimate of drug-likeness (QED) is 0.684. The SMILES string of the molecule is CS(=O)(=O)CCCNC(=O)Nc1cc(C(=O)O)ccc1Cl. The zero-order valence-corrected chi connectivity index (χ0v) is 12.8. The van der Waals surface area contributed by atoms with Gasteiger partial charge in [-0.1, -0.05) is 11.6 Å². The van der Waals surface area contributed by atoms with Crippen molar-refractivity contribution in [2.24, 2.45) is 0 Å². The van der Waals surface area contributed by atoms with Crippen molar-refractivity contribution in [1.29, 1.82) is 0 Å². The molecule has 1 rings (SSSR count). The molecule has 0 atom stereocenters. The number of sulfone groups is 1. The molecule has 116 valence electrons. The van der Waals surface area contributed by atoms with E-state index in [-0.39, 0.29) is 35.0 Å². The number of benzene rings is 1. The Hall–Kier alpha value is -1.80. The van der Waals surface area contributed by atoms with Crippen LogP contribution in [0.2, 0.25) is 5.02 Å². The fourth-order valence-electron chi connectivity index (χ4n) is 1.46. The van der Waals surface area contributed by atoms with Gasteiger partial charge in [0, 0.05) is 12.8 Å². The number of aromatic carboxylic acids is 1. The molecule has 0 fully saturated rings. The molecule has 0 aliphatic rings. The molecule has 1 aromatic carbocycles. The zero-order chi connectivity index (χ0) is 16.0. The van der Waals surface area contributed by atoms with E-state index in [1.54, 1.807) is 0 Å². The normalized spacial score (nSPS) is 11.0. The molecule has 0 saturated heterocycles. The van der Waals surface area contributed by atoms with Crippen LogP contribution in [-0.2, 0) is 9.84 Å². The number of nitrogens with one attached hydrogen (secondary N) is 2. The van der Waals surface area contributed by atoms with Crippen molar-refractivity contribution in [1.82, 2.24) is 5.32 Å². The van der Waals surface area contributed by atoms with Gasteiger partial charge in [-0.2, -0.15) is 0 Å². The second-order valence-electron chi connectivity index (χ2n) is 4.36. The summed E-state index contributed by atoms with van der Waals surface area (Å²) >= 11 is 5.85. The lowest BCUT2D eigenvalue weighted by Gasteiger charge is -2.09. The molecule has 0 spiro atoms. The van der Waals surface area contributed by atoms with Crippen molar-refractivity contribution >= 4 is 39.1 Å². The average molecular weight is 335 g/mol. The highest BCUT2D eigenvalue weighted by Gasteiger charge is 2.10. The van der Waals surface area contributed by atoms with E-state index < -0.39 is 21.8 Å². The predicted octanol–water partition coefficient (Wildman–Crippen LogP) is 1.59. The van der Waals surface area contributed by atoms with Gasteiger partial charge < -0.3 is 15.7 Å². The van der Waals surface area contributed by atoms with Crippen LogP contribution >= 0.6 is 11.6 Å². The largest absolute Gasteiger partial charge is 0.478 e. The van der Waals surface area contributed by atoms with Gasteiger partial charge in [0.25, 0.3) is 0 Å². The van der Waals surface area contributed by atoms with Crippen molar-refractivity contribution in [2.75, 3.05) is 23.9 Å². The molecular formula is C12H15ClN2O5S. The number of halogens is 1. The number of urea groups is 1. The first-order valence-corrected chi connectivity index (χ1v) is 8.38. The lowest BCUT2D eigenvalue weighted by molar-refractivity contribution is 0.0697. The summed E-state index contributed by atoms with van der Waals surface area (Å²) in [4.78, 5) is 22.4. The number of anilines is 1. The Morgan fingerprint density at radius 2 is 2.00 bits per heavy atom. The van der Waals surface area contributed by atoms with Crippen molar-refractivity contribution in [3.8, 4) is 0 Å². The van der Waals surface area contributed by atoms with Gasteiger partial charge in [-0.3, -0.25) is 0 Å². The van der Waals surface area contributed by atoms with Crippen LogP contribution in [0, 0.1) is 0 Å². The third-order valence-corrected chi connectivity index (χ3v) is 3.80. The van der Waals surface area contributed by atoms with E-state index in [1.165, 1.54) is 18.2 Å². The second kappa shape index (κ2) is 7.28. The van der Waals surface area contributed by atoms with E-state index in [0.717, 1.165) is 6.26 Å². The highest BCUT2D eigenvalue weighted by atomic mass is 35.5. The molecule has 1 aromatic rings. The summed E-state index contributed by atoms with van der Waals surface area (Å²) in [5.41, 5.74) is 0.156. The topological polar surface area (TPSA) is 113 Å². The number of carboxylic acids is 1. The summed E-state index contributed by atoms with van der Waals surface area (Å²) < 4.78 is 21.8. The Balaban J connectivity index is 2.55. The number of carbonyl (C=O) groups is 2. The average Bonchev–Trinajstić information content (AvgIpc) is 2.36. The standard InChI is InChI=1S/C12H15ClN2O5S/c1-21(19,20)6-2-5-14-12(18)15-10-7-8(11(16)17)3-4-9(10)13/h3-4,7H,2,5-6H2,1H3,(H,16,17)(H2,14,15,18). The van der Waals surface area contributed by atoms with Gasteiger partial charge >= 0.3 is 12.0 Å². The second-order valence-corrected chi connectivity index (χ2v) is 7.03. The van der Waals surface area contributed by atoms with Gasteiger partial charge in [-0.15, -0.1) is 0 Å². The Kier molecular flexibility index (Phi) is 5.98. The van der Waals surface area contributed by atoms with E-state index in [2.05, 4.69) is 10.6 Å². The molecule has 0 radical (unpaired) electrons. The van der Waals surface area contributed by atoms with E-state index in [0.29, 0.717) is 0 Å². The first-order valence-electron chi connectivity index (χ1n) is 5.94. The lowest BCUT2D eigenvalue weighted by atomic mass is 10.2. The van der Waals surface area contributed by atoms with Crippen LogP contribution in [0.1, 0.15) is 16.8 Å². The van der Waals surface area contributed by atoms with Crippen LogP contribution in [0.15, 0.2) is 18.2 Å². The van der Waals surface area contributed by atoms with Crippen LogP contribution in [0.3, 0.4) is 0 Å². The number of hydrogen-bond donors (Lipinski definition) is 3. The Morgan fingerprint density at radius 3 is 2.57 bits per heavy atom. The molecule has 0 bridgehead atoms. The third kappa shape index (κ3) is 6.46. The first kappa shape index (κ1) is 17.3. The number of carboxylic acid groups (broad SMARTS) is 1. The maximum atomic E-state index is 11.6. The molecule has 0 unspecified atom stereocenters. The van der Waals surface area contributed by atoms with Crippen molar-refractivity contribution < 1.29 is 23.1 Å². The van der Waals surface area contributed by atoms with Gasteiger partial charge in [0.2, 0.25) is 0 Å². The fraction of sp³-hybridized carbons (Fsp3) is 0.333. The van der Waals surface area contributed by atoms with Crippen molar-refractivity contribution in [3.05, 3.63) is 28.8 Å². The van der Waals surface area contributed by atoms with Crippen LogP contribution < -0.4 is 10.6 Å². The Bertz CT molecular complexity index is 645. The monoisotopic (exact) mass is 334 g/mol. The summed E-state index contributed by atoms with van der Waals surface area (Å²) in [7, 11) is -3.06. The van der Waals surface area contributed by atoms with Crippen molar-refractivity contribution in [3.63, 3.8) is 0 Å². The Morgan fingerprint density at radius 1 is 1.33 bits per heavy atom. The number of hydrogen-bond acceptors (Lipinski definition) is 4. The molecule has 2 amide bonds. The molecule has 0 saturated carbocycles. The number of carbonyl (C=O) groups excluding carboxylic acids is 1. The molecule has 0 aliphatic heterocycles. The predicted molar refractivity (Wildman–Crippen MR) is 79.8 cm³/mol. The van der Waals surface area contributed by atoms with Gasteiger partial charge in [0.15, 0.2) is 0 Å². The highest BCUT2D eigenvalue weighted by Crippen LogP contribution is 2.22. The van der Waals surface area contributed by atoms with E-state index in [1.807, 2.05) is 0 Å². The van der Waals surface area contributed by atoms with Gasteiger partial charge in [-0.25, -0.2) is 18.0 Å². The maximum absolute atomic E-state index is 11.6. The van der Waals surface area contributed by atoms with Gasteiger partial charge in [0.1, 0.15) is 9.84 Å².